The summed E-state index contributed by atoms with van der Waals surface area (Å²) in [7, 11) is 0. The van der Waals surface area contributed by atoms with Crippen molar-refractivity contribution >= 4 is 40.6 Å². The number of amides is 2. The van der Waals surface area contributed by atoms with Gasteiger partial charge in [0.25, 0.3) is 5.91 Å². The number of fused-ring (bicyclic) bond motifs is 1. The molecule has 0 radical (unpaired) electrons. The molecule has 2 heterocycles. The predicted octanol–water partition coefficient (Wildman–Crippen LogP) is 3.22. The molecule has 1 aromatic carbocycles. The van der Waals surface area contributed by atoms with Crippen LogP contribution in [0.3, 0.4) is 0 Å². The third kappa shape index (κ3) is 4.63. The molecule has 0 fully saturated rings. The van der Waals surface area contributed by atoms with Gasteiger partial charge in [-0.1, -0.05) is 37.3 Å². The van der Waals surface area contributed by atoms with Crippen LogP contribution in [-0.4, -0.2) is 29.8 Å². The van der Waals surface area contributed by atoms with Gasteiger partial charge in [0, 0.05) is 24.4 Å². The molecule has 3 rings (SSSR count). The number of carbonyl (C=O) groups excluding carboxylic acids is 2. The Hall–Kier alpha value is -1.89. The monoisotopic (exact) mass is 393 g/mol. The lowest BCUT2D eigenvalue weighted by Crippen LogP contribution is -2.30. The molecule has 0 saturated carbocycles. The number of hydrogen-bond donors (Lipinski definition) is 2. The van der Waals surface area contributed by atoms with E-state index < -0.39 is 5.91 Å². The molecule has 0 unspecified atom stereocenters. The summed E-state index contributed by atoms with van der Waals surface area (Å²) in [5.74, 6) is -0.543. The number of carbonyl (C=O) groups is 2. The number of hydrogen-bond acceptors (Lipinski definition) is 4. The molecule has 0 atom stereocenters. The fourth-order valence-electron chi connectivity index (χ4n) is 3.17. The number of thiophene rings is 1. The highest BCUT2D eigenvalue weighted by Gasteiger charge is 2.27. The number of nitrogens with one attached hydrogen (secondary N) is 1. The molecule has 2 aromatic rings. The van der Waals surface area contributed by atoms with Crippen LogP contribution < -0.4 is 11.1 Å². The van der Waals surface area contributed by atoms with E-state index in [1.807, 2.05) is 30.3 Å². The van der Waals surface area contributed by atoms with Gasteiger partial charge >= 0.3 is 0 Å². The second kappa shape index (κ2) is 9.16. The molecule has 1 aliphatic heterocycles. The van der Waals surface area contributed by atoms with E-state index in [4.69, 9.17) is 5.73 Å². The fraction of sp³-hybridized carbons (Fsp3) is 0.368. The summed E-state index contributed by atoms with van der Waals surface area (Å²) < 4.78 is 0. The third-order valence-electron chi connectivity index (χ3n) is 4.57. The first-order valence-corrected chi connectivity index (χ1v) is 9.40. The van der Waals surface area contributed by atoms with Crippen molar-refractivity contribution in [2.75, 3.05) is 18.4 Å². The number of nitrogens with zero attached hydrogens (tertiary/aromatic N) is 1. The first kappa shape index (κ1) is 20.4. The average Bonchev–Trinajstić information content (AvgIpc) is 2.97. The maximum Gasteiger partial charge on any atom is 0.251 e. The van der Waals surface area contributed by atoms with E-state index in [0.717, 1.165) is 42.1 Å². The SMILES string of the molecule is CCN1CCc2c(sc(NC(=O)CCc3ccccc3)c2C(N)=O)C1.Cl. The highest BCUT2D eigenvalue weighted by Crippen LogP contribution is 2.36. The molecule has 1 aromatic heterocycles. The molecule has 0 bridgehead atoms. The van der Waals surface area contributed by atoms with Crippen LogP contribution in [0.1, 0.15) is 39.7 Å². The van der Waals surface area contributed by atoms with Crippen LogP contribution in [0.15, 0.2) is 30.3 Å². The molecule has 1 aliphatic rings. The maximum absolute atomic E-state index is 12.3. The molecular formula is C19H24ClN3O2S. The summed E-state index contributed by atoms with van der Waals surface area (Å²) in [6, 6.07) is 9.89. The fourth-order valence-corrected chi connectivity index (χ4v) is 4.48. The van der Waals surface area contributed by atoms with E-state index in [1.54, 1.807) is 0 Å². The second-order valence-corrected chi connectivity index (χ2v) is 7.33. The van der Waals surface area contributed by atoms with Crippen LogP contribution >= 0.6 is 23.7 Å². The minimum absolute atomic E-state index is 0. The van der Waals surface area contributed by atoms with E-state index in [0.29, 0.717) is 23.4 Å². The van der Waals surface area contributed by atoms with Gasteiger partial charge in [-0.2, -0.15) is 0 Å². The zero-order valence-corrected chi connectivity index (χ0v) is 16.4. The van der Waals surface area contributed by atoms with Crippen LogP contribution in [0.5, 0.6) is 0 Å². The van der Waals surface area contributed by atoms with Crippen molar-refractivity contribution in [3.05, 3.63) is 51.9 Å². The van der Waals surface area contributed by atoms with Crippen molar-refractivity contribution in [2.45, 2.75) is 32.7 Å². The molecule has 0 spiro atoms. The van der Waals surface area contributed by atoms with E-state index in [2.05, 4.69) is 17.1 Å². The van der Waals surface area contributed by atoms with Gasteiger partial charge in [0.2, 0.25) is 5.91 Å². The zero-order chi connectivity index (χ0) is 17.8. The number of nitrogens with two attached hydrogens (primary N) is 1. The van der Waals surface area contributed by atoms with Crippen LogP contribution in [0, 0.1) is 0 Å². The van der Waals surface area contributed by atoms with Gasteiger partial charge in [0.15, 0.2) is 0 Å². The topological polar surface area (TPSA) is 75.4 Å². The van der Waals surface area contributed by atoms with Crippen molar-refractivity contribution in [3.63, 3.8) is 0 Å². The molecule has 140 valence electrons. The Morgan fingerprint density at radius 1 is 1.27 bits per heavy atom. The standard InChI is InChI=1S/C19H23N3O2S.ClH/c1-2-22-11-10-14-15(12-22)25-19(17(14)18(20)24)21-16(23)9-8-13-6-4-3-5-7-13;/h3-7H,2,8-12H2,1H3,(H2,20,24)(H,21,23);1H. The lowest BCUT2D eigenvalue weighted by molar-refractivity contribution is -0.116. The van der Waals surface area contributed by atoms with Crippen molar-refractivity contribution < 1.29 is 9.59 Å². The largest absolute Gasteiger partial charge is 0.365 e. The lowest BCUT2D eigenvalue weighted by Gasteiger charge is -2.25. The number of likely N-dealkylation sites (N-methyl/N-ethyl adjacent to an activating group) is 1. The predicted molar refractivity (Wildman–Crippen MR) is 108 cm³/mol. The Bertz CT molecular complexity index is 777. The maximum atomic E-state index is 12.3. The zero-order valence-electron chi connectivity index (χ0n) is 14.8. The van der Waals surface area contributed by atoms with Crippen molar-refractivity contribution in [2.24, 2.45) is 5.73 Å². The van der Waals surface area contributed by atoms with E-state index >= 15 is 0 Å². The highest BCUT2D eigenvalue weighted by atomic mass is 35.5. The van der Waals surface area contributed by atoms with Crippen LogP contribution in [0.2, 0.25) is 0 Å². The second-order valence-electron chi connectivity index (χ2n) is 6.22. The third-order valence-corrected chi connectivity index (χ3v) is 5.70. The Balaban J connectivity index is 0.00000243. The molecule has 2 amide bonds. The molecular weight excluding hydrogens is 370 g/mol. The van der Waals surface area contributed by atoms with Gasteiger partial charge in [-0.25, -0.2) is 0 Å². The number of anilines is 1. The van der Waals surface area contributed by atoms with Gasteiger partial charge in [0.05, 0.1) is 5.56 Å². The van der Waals surface area contributed by atoms with Gasteiger partial charge in [-0.15, -0.1) is 23.7 Å². The van der Waals surface area contributed by atoms with Gasteiger partial charge in [0.1, 0.15) is 5.00 Å². The van der Waals surface area contributed by atoms with Crippen LogP contribution in [-0.2, 0) is 24.2 Å². The minimum Gasteiger partial charge on any atom is -0.365 e. The van der Waals surface area contributed by atoms with E-state index in [-0.39, 0.29) is 18.3 Å². The van der Waals surface area contributed by atoms with Crippen LogP contribution in [0.25, 0.3) is 0 Å². The number of halogens is 1. The van der Waals surface area contributed by atoms with Gasteiger partial charge in [-0.3, -0.25) is 14.5 Å². The number of primary amides is 1. The minimum atomic E-state index is -0.458. The quantitative estimate of drug-likeness (QED) is 0.791. The summed E-state index contributed by atoms with van der Waals surface area (Å²) in [6.07, 6.45) is 1.86. The number of rotatable bonds is 6. The Labute approximate surface area is 164 Å². The summed E-state index contributed by atoms with van der Waals surface area (Å²) in [5, 5.41) is 3.52. The van der Waals surface area contributed by atoms with E-state index in [9.17, 15) is 9.59 Å². The summed E-state index contributed by atoms with van der Waals surface area (Å²) in [4.78, 5) is 27.7. The average molecular weight is 394 g/mol. The highest BCUT2D eigenvalue weighted by molar-refractivity contribution is 7.17. The summed E-state index contributed by atoms with van der Waals surface area (Å²) >= 11 is 1.48. The smallest absolute Gasteiger partial charge is 0.251 e. The Morgan fingerprint density at radius 3 is 2.65 bits per heavy atom. The number of benzene rings is 1. The lowest BCUT2D eigenvalue weighted by atomic mass is 10.0. The van der Waals surface area contributed by atoms with Gasteiger partial charge in [-0.05, 0) is 30.5 Å². The molecule has 0 saturated heterocycles. The molecule has 26 heavy (non-hydrogen) atoms. The van der Waals surface area contributed by atoms with Gasteiger partial charge < -0.3 is 11.1 Å². The van der Waals surface area contributed by atoms with Crippen molar-refractivity contribution in [3.8, 4) is 0 Å². The van der Waals surface area contributed by atoms with Crippen molar-refractivity contribution in [1.29, 1.82) is 0 Å². The van der Waals surface area contributed by atoms with Crippen molar-refractivity contribution in [1.82, 2.24) is 4.90 Å². The molecule has 0 aliphatic carbocycles. The Morgan fingerprint density at radius 2 is 2.00 bits per heavy atom. The number of aryl methyl sites for hydroxylation is 1. The van der Waals surface area contributed by atoms with E-state index in [1.165, 1.54) is 11.3 Å². The molecule has 7 heteroatoms. The summed E-state index contributed by atoms with van der Waals surface area (Å²) in [5.41, 5.74) is 8.23. The first-order valence-electron chi connectivity index (χ1n) is 8.59. The Kier molecular flexibility index (Phi) is 7.20. The normalized spacial score (nSPS) is 13.6. The summed E-state index contributed by atoms with van der Waals surface area (Å²) in [6.45, 7) is 4.83. The van der Waals surface area contributed by atoms with Crippen LogP contribution in [0.4, 0.5) is 5.00 Å². The molecule has 3 N–H and O–H groups in total. The first-order chi connectivity index (χ1) is 12.1. The molecule has 5 nitrogen and oxygen atoms in total.